The fraction of sp³-hybridized carbons (Fsp3) is 0.211. The molecule has 0 amide bonds. The highest BCUT2D eigenvalue weighted by atomic mass is 32.2. The Hall–Kier alpha value is -2.25. The monoisotopic (exact) mass is 383 g/mol. The summed E-state index contributed by atoms with van der Waals surface area (Å²) in [5.41, 5.74) is 3.19. The first kappa shape index (κ1) is 17.2. The lowest BCUT2D eigenvalue weighted by Gasteiger charge is -2.15. The maximum atomic E-state index is 5.87. The van der Waals surface area contributed by atoms with Crippen molar-refractivity contribution in [3.63, 3.8) is 0 Å². The Labute approximate surface area is 160 Å². The summed E-state index contributed by atoms with van der Waals surface area (Å²) in [6, 6.07) is 15.8. The van der Waals surface area contributed by atoms with Crippen molar-refractivity contribution in [2.24, 2.45) is 4.99 Å². The molecule has 1 aliphatic heterocycles. The van der Waals surface area contributed by atoms with Crippen LogP contribution in [-0.4, -0.2) is 21.7 Å². The number of fused-ring (bicyclic) bond motifs is 1. The smallest absolute Gasteiger partial charge is 0.247 e. The molecule has 0 N–H and O–H groups in total. The number of aliphatic imine (C=N–C) groups is 1. The highest BCUT2D eigenvalue weighted by Gasteiger charge is 2.20. The number of hydrogen-bond donors (Lipinski definition) is 0. The van der Waals surface area contributed by atoms with E-state index in [9.17, 15) is 0 Å². The van der Waals surface area contributed by atoms with Crippen molar-refractivity contribution < 1.29 is 9.15 Å². The molecule has 5 nitrogen and oxygen atoms in total. The summed E-state index contributed by atoms with van der Waals surface area (Å²) in [4.78, 5) is 4.73. The largest absolute Gasteiger partial charge is 0.497 e. The Balaban J connectivity index is 1.48. The van der Waals surface area contributed by atoms with Gasteiger partial charge in [0.2, 0.25) is 11.8 Å². The SMILES string of the molecule is COc1ccc(-c2nnc([C@@H](C)SC3=Nc4ccccc4CS3)o2)cc1. The number of benzene rings is 2. The van der Waals surface area contributed by atoms with Gasteiger partial charge in [-0.3, -0.25) is 0 Å². The molecule has 0 aliphatic carbocycles. The molecule has 0 fully saturated rings. The average Bonchev–Trinajstić information content (AvgIpc) is 3.18. The fourth-order valence-corrected chi connectivity index (χ4v) is 4.74. The third-order valence-corrected chi connectivity index (χ3v) is 6.24. The van der Waals surface area contributed by atoms with E-state index >= 15 is 0 Å². The van der Waals surface area contributed by atoms with Crippen LogP contribution in [0.5, 0.6) is 5.75 Å². The van der Waals surface area contributed by atoms with E-state index in [4.69, 9.17) is 14.1 Å². The van der Waals surface area contributed by atoms with Crippen LogP contribution >= 0.6 is 23.5 Å². The second-order valence-electron chi connectivity index (χ2n) is 5.73. The first-order valence-corrected chi connectivity index (χ1v) is 10.0. The molecule has 0 radical (unpaired) electrons. The van der Waals surface area contributed by atoms with Gasteiger partial charge < -0.3 is 9.15 Å². The van der Waals surface area contributed by atoms with E-state index in [-0.39, 0.29) is 5.25 Å². The molecule has 2 aromatic carbocycles. The Kier molecular flexibility index (Phi) is 4.99. The molecule has 0 bridgehead atoms. The summed E-state index contributed by atoms with van der Waals surface area (Å²) < 4.78 is 12.1. The van der Waals surface area contributed by atoms with Gasteiger partial charge in [-0.1, -0.05) is 41.7 Å². The molecular weight excluding hydrogens is 366 g/mol. The molecule has 0 unspecified atom stereocenters. The fourth-order valence-electron chi connectivity index (χ4n) is 2.52. The van der Waals surface area contributed by atoms with Gasteiger partial charge in [-0.2, -0.15) is 0 Å². The van der Waals surface area contributed by atoms with Crippen LogP contribution in [0, 0.1) is 0 Å². The minimum absolute atomic E-state index is 0.0333. The Morgan fingerprint density at radius 1 is 1.12 bits per heavy atom. The zero-order valence-corrected chi connectivity index (χ0v) is 16.0. The minimum Gasteiger partial charge on any atom is -0.497 e. The van der Waals surface area contributed by atoms with Crippen molar-refractivity contribution in [1.29, 1.82) is 0 Å². The average molecular weight is 383 g/mol. The van der Waals surface area contributed by atoms with Crippen LogP contribution in [-0.2, 0) is 5.75 Å². The Morgan fingerprint density at radius 3 is 2.73 bits per heavy atom. The van der Waals surface area contributed by atoms with E-state index in [0.717, 1.165) is 27.1 Å². The van der Waals surface area contributed by atoms with E-state index < -0.39 is 0 Å². The van der Waals surface area contributed by atoms with Crippen LogP contribution in [0.1, 0.15) is 23.6 Å². The lowest BCUT2D eigenvalue weighted by atomic mass is 10.2. The van der Waals surface area contributed by atoms with Crippen molar-refractivity contribution in [3.05, 3.63) is 60.0 Å². The van der Waals surface area contributed by atoms with E-state index in [0.29, 0.717) is 11.8 Å². The van der Waals surface area contributed by atoms with Crippen LogP contribution in [0.4, 0.5) is 5.69 Å². The number of nitrogens with zero attached hydrogens (tertiary/aromatic N) is 3. The standard InChI is InChI=1S/C19H17N3O2S2/c1-12(26-19-20-16-6-4-3-5-14(16)11-25-19)17-21-22-18(24-17)13-7-9-15(23-2)10-8-13/h3-10,12H,11H2,1-2H3/t12-/m1/s1. The topological polar surface area (TPSA) is 60.5 Å². The summed E-state index contributed by atoms with van der Waals surface area (Å²) in [6.45, 7) is 2.06. The quantitative estimate of drug-likeness (QED) is 0.595. The van der Waals surface area contributed by atoms with Crippen LogP contribution in [0.2, 0.25) is 0 Å². The maximum absolute atomic E-state index is 5.87. The highest BCUT2D eigenvalue weighted by Crippen LogP contribution is 2.40. The summed E-state index contributed by atoms with van der Waals surface area (Å²) in [6.07, 6.45) is 0. The van der Waals surface area contributed by atoms with Crippen LogP contribution < -0.4 is 4.74 Å². The van der Waals surface area contributed by atoms with Gasteiger partial charge in [-0.15, -0.1) is 10.2 Å². The molecule has 132 valence electrons. The first-order valence-electron chi connectivity index (χ1n) is 8.17. The van der Waals surface area contributed by atoms with E-state index in [1.807, 2.05) is 30.3 Å². The van der Waals surface area contributed by atoms with E-state index in [1.165, 1.54) is 5.56 Å². The Morgan fingerprint density at radius 2 is 1.92 bits per heavy atom. The molecular formula is C19H17N3O2S2. The second-order valence-corrected chi connectivity index (χ2v) is 8.28. The molecule has 1 aromatic heterocycles. The molecule has 26 heavy (non-hydrogen) atoms. The van der Waals surface area contributed by atoms with E-state index in [2.05, 4.69) is 35.3 Å². The predicted octanol–water partition coefficient (Wildman–Crippen LogP) is 5.47. The third kappa shape index (κ3) is 3.64. The van der Waals surface area contributed by atoms with Crippen LogP contribution in [0.15, 0.2) is 57.9 Å². The maximum Gasteiger partial charge on any atom is 0.247 e. The zero-order valence-electron chi connectivity index (χ0n) is 14.4. The second kappa shape index (κ2) is 7.55. The van der Waals surface area contributed by atoms with Gasteiger partial charge >= 0.3 is 0 Å². The van der Waals surface area contributed by atoms with Gasteiger partial charge in [-0.25, -0.2) is 4.99 Å². The third-order valence-electron chi connectivity index (χ3n) is 3.96. The van der Waals surface area contributed by atoms with Crippen molar-refractivity contribution in [3.8, 4) is 17.2 Å². The van der Waals surface area contributed by atoms with Crippen molar-refractivity contribution >= 4 is 33.6 Å². The van der Waals surface area contributed by atoms with Gasteiger partial charge in [0.1, 0.15) is 10.1 Å². The van der Waals surface area contributed by atoms with Crippen molar-refractivity contribution in [2.45, 2.75) is 17.9 Å². The van der Waals surface area contributed by atoms with Gasteiger partial charge in [0.25, 0.3) is 0 Å². The molecule has 0 saturated carbocycles. The minimum atomic E-state index is 0.0333. The summed E-state index contributed by atoms with van der Waals surface area (Å²) >= 11 is 3.39. The highest BCUT2D eigenvalue weighted by molar-refractivity contribution is 8.38. The molecule has 0 saturated heterocycles. The van der Waals surface area contributed by atoms with Gasteiger partial charge in [-0.05, 0) is 42.8 Å². The normalized spacial score (nSPS) is 14.5. The molecule has 1 aliphatic rings. The lowest BCUT2D eigenvalue weighted by molar-refractivity contribution is 0.415. The van der Waals surface area contributed by atoms with Crippen molar-refractivity contribution in [1.82, 2.24) is 10.2 Å². The molecule has 2 heterocycles. The number of ether oxygens (including phenoxy) is 1. The number of hydrogen-bond acceptors (Lipinski definition) is 7. The summed E-state index contributed by atoms with van der Waals surface area (Å²) in [5.74, 6) is 2.85. The van der Waals surface area contributed by atoms with E-state index in [1.54, 1.807) is 30.6 Å². The summed E-state index contributed by atoms with van der Waals surface area (Å²) in [5, 5.41) is 8.42. The number of rotatable bonds is 4. The van der Waals surface area contributed by atoms with Crippen LogP contribution in [0.3, 0.4) is 0 Å². The number of methoxy groups -OCH3 is 1. The molecule has 3 aromatic rings. The Bertz CT molecular complexity index is 938. The molecule has 7 heteroatoms. The molecule has 4 rings (SSSR count). The van der Waals surface area contributed by atoms with Gasteiger partial charge in [0.05, 0.1) is 18.0 Å². The van der Waals surface area contributed by atoms with Gasteiger partial charge in [0, 0.05) is 11.3 Å². The summed E-state index contributed by atoms with van der Waals surface area (Å²) in [7, 11) is 1.64. The van der Waals surface area contributed by atoms with Crippen molar-refractivity contribution in [2.75, 3.05) is 7.11 Å². The first-order chi connectivity index (χ1) is 12.7. The number of aromatic nitrogens is 2. The number of para-hydroxylation sites is 1. The number of thioether (sulfide) groups is 2. The van der Waals surface area contributed by atoms with Crippen LogP contribution in [0.25, 0.3) is 11.5 Å². The predicted molar refractivity (Wildman–Crippen MR) is 107 cm³/mol. The molecule has 0 spiro atoms. The lowest BCUT2D eigenvalue weighted by Crippen LogP contribution is -1.99. The zero-order chi connectivity index (χ0) is 17.9. The molecule has 1 atom stereocenters. The van der Waals surface area contributed by atoms with Gasteiger partial charge in [0.15, 0.2) is 0 Å².